The highest BCUT2D eigenvalue weighted by Crippen LogP contribution is 2.27. The van der Waals surface area contributed by atoms with Gasteiger partial charge in [0.15, 0.2) is 0 Å². The highest BCUT2D eigenvalue weighted by Gasteiger charge is 2.37. The number of amides is 2. The van der Waals surface area contributed by atoms with Gasteiger partial charge in [-0.15, -0.1) is 0 Å². The molecule has 2 amide bonds. The molecule has 1 fully saturated rings. The van der Waals surface area contributed by atoms with Crippen LogP contribution in [0.1, 0.15) is 22.5 Å². The van der Waals surface area contributed by atoms with Crippen molar-refractivity contribution in [2.24, 2.45) is 0 Å². The van der Waals surface area contributed by atoms with E-state index in [1.54, 1.807) is 35.4 Å². The Morgan fingerprint density at radius 3 is 2.43 bits per heavy atom. The van der Waals surface area contributed by atoms with Gasteiger partial charge in [0, 0.05) is 24.1 Å². The maximum absolute atomic E-state index is 13.2. The third kappa shape index (κ3) is 4.31. The molecule has 6 heteroatoms. The van der Waals surface area contributed by atoms with E-state index in [1.807, 2.05) is 42.5 Å². The number of hydrogen-bond acceptors (Lipinski definition) is 3. The van der Waals surface area contributed by atoms with Gasteiger partial charge in [-0.25, -0.2) is 0 Å². The van der Waals surface area contributed by atoms with E-state index >= 15 is 0 Å². The van der Waals surface area contributed by atoms with Gasteiger partial charge >= 0.3 is 0 Å². The van der Waals surface area contributed by atoms with Gasteiger partial charge in [0.2, 0.25) is 5.91 Å². The number of carbonyl (C=O) groups is 2. The monoisotopic (exact) mass is 420 g/mol. The SMILES string of the molecule is O=C(NCc1ccco1)[C@@H]1CC(=CCl)CN1C(=O)c1ccc(-c2ccccc2)cc1. The predicted octanol–water partition coefficient (Wildman–Crippen LogP) is 4.60. The third-order valence-electron chi connectivity index (χ3n) is 5.18. The number of nitrogens with zero attached hydrogens (tertiary/aromatic N) is 1. The first-order valence-electron chi connectivity index (χ1n) is 9.70. The summed E-state index contributed by atoms with van der Waals surface area (Å²) in [6.45, 7) is 0.609. The van der Waals surface area contributed by atoms with Gasteiger partial charge in [0.05, 0.1) is 12.8 Å². The zero-order chi connectivity index (χ0) is 20.9. The molecule has 1 aliphatic rings. The van der Waals surface area contributed by atoms with Crippen molar-refractivity contribution in [2.45, 2.75) is 19.0 Å². The highest BCUT2D eigenvalue weighted by atomic mass is 35.5. The molecule has 4 rings (SSSR count). The summed E-state index contributed by atoms with van der Waals surface area (Å²) in [4.78, 5) is 27.5. The number of hydrogen-bond donors (Lipinski definition) is 1. The molecule has 2 aromatic carbocycles. The average molecular weight is 421 g/mol. The van der Waals surface area contributed by atoms with Crippen LogP contribution in [0.5, 0.6) is 0 Å². The minimum absolute atomic E-state index is 0.193. The van der Waals surface area contributed by atoms with Crippen molar-refractivity contribution in [1.82, 2.24) is 10.2 Å². The van der Waals surface area contributed by atoms with E-state index in [1.165, 1.54) is 5.54 Å². The Kier molecular flexibility index (Phi) is 6.00. The fraction of sp³-hybridized carbons (Fsp3) is 0.167. The van der Waals surface area contributed by atoms with Crippen LogP contribution in [0.3, 0.4) is 0 Å². The van der Waals surface area contributed by atoms with E-state index in [0.29, 0.717) is 24.3 Å². The molecule has 0 unspecified atom stereocenters. The van der Waals surface area contributed by atoms with Gasteiger partial charge in [-0.1, -0.05) is 54.1 Å². The van der Waals surface area contributed by atoms with Crippen LogP contribution in [0.25, 0.3) is 11.1 Å². The first-order valence-corrected chi connectivity index (χ1v) is 10.1. The molecule has 2 heterocycles. The second-order valence-corrected chi connectivity index (χ2v) is 7.38. The summed E-state index contributed by atoms with van der Waals surface area (Å²) < 4.78 is 5.25. The molecular weight excluding hydrogens is 400 g/mol. The number of nitrogens with one attached hydrogen (secondary N) is 1. The summed E-state index contributed by atoms with van der Waals surface area (Å²) in [7, 11) is 0. The van der Waals surface area contributed by atoms with Crippen LogP contribution in [0, 0.1) is 0 Å². The number of likely N-dealkylation sites (tertiary alicyclic amines) is 1. The lowest BCUT2D eigenvalue weighted by Crippen LogP contribution is -2.45. The normalized spacial score (nSPS) is 17.3. The molecule has 0 spiro atoms. The fourth-order valence-electron chi connectivity index (χ4n) is 3.59. The minimum Gasteiger partial charge on any atom is -0.467 e. The van der Waals surface area contributed by atoms with Crippen molar-refractivity contribution >= 4 is 23.4 Å². The van der Waals surface area contributed by atoms with E-state index in [9.17, 15) is 9.59 Å². The second-order valence-electron chi connectivity index (χ2n) is 7.16. The first kappa shape index (κ1) is 20.0. The van der Waals surface area contributed by atoms with Gasteiger partial charge in [0.25, 0.3) is 5.91 Å². The minimum atomic E-state index is -0.605. The summed E-state index contributed by atoms with van der Waals surface area (Å²) in [5, 5.41) is 2.84. The molecule has 3 aromatic rings. The van der Waals surface area contributed by atoms with Gasteiger partial charge in [-0.3, -0.25) is 9.59 Å². The summed E-state index contributed by atoms with van der Waals surface area (Å²) in [5.41, 5.74) is 4.96. The van der Waals surface area contributed by atoms with Crippen molar-refractivity contribution in [3.05, 3.63) is 95.4 Å². The molecule has 5 nitrogen and oxygen atoms in total. The van der Waals surface area contributed by atoms with E-state index < -0.39 is 6.04 Å². The number of carbonyl (C=O) groups excluding carboxylic acids is 2. The molecule has 1 N–H and O–H groups in total. The molecule has 0 aliphatic carbocycles. The van der Waals surface area contributed by atoms with Crippen molar-refractivity contribution in [1.29, 1.82) is 0 Å². The number of halogens is 1. The Balaban J connectivity index is 1.49. The van der Waals surface area contributed by atoms with Gasteiger partial charge < -0.3 is 14.6 Å². The molecule has 1 atom stereocenters. The Labute approximate surface area is 180 Å². The summed E-state index contributed by atoms with van der Waals surface area (Å²) >= 11 is 5.89. The highest BCUT2D eigenvalue weighted by molar-refractivity contribution is 6.25. The Morgan fingerprint density at radius 1 is 1.03 bits per heavy atom. The largest absolute Gasteiger partial charge is 0.467 e. The smallest absolute Gasteiger partial charge is 0.254 e. The summed E-state index contributed by atoms with van der Waals surface area (Å²) in [6, 6.07) is 20.3. The average Bonchev–Trinajstić information content (AvgIpc) is 3.48. The lowest BCUT2D eigenvalue weighted by molar-refractivity contribution is -0.125. The second kappa shape index (κ2) is 9.01. The summed E-state index contributed by atoms with van der Waals surface area (Å²) in [5.74, 6) is 0.235. The van der Waals surface area contributed by atoms with Crippen LogP contribution >= 0.6 is 11.6 Å². The molecule has 152 valence electrons. The van der Waals surface area contributed by atoms with Crippen molar-refractivity contribution in [3.8, 4) is 11.1 Å². The van der Waals surface area contributed by atoms with Crippen LogP contribution in [0.2, 0.25) is 0 Å². The number of furan rings is 1. The van der Waals surface area contributed by atoms with Crippen LogP contribution < -0.4 is 5.32 Å². The molecule has 1 aromatic heterocycles. The predicted molar refractivity (Wildman–Crippen MR) is 116 cm³/mol. The Bertz CT molecular complexity index is 1040. The van der Waals surface area contributed by atoms with Gasteiger partial charge in [-0.05, 0) is 41.0 Å². The van der Waals surface area contributed by atoms with E-state index in [2.05, 4.69) is 5.32 Å². The van der Waals surface area contributed by atoms with E-state index in [-0.39, 0.29) is 18.4 Å². The Hall–Kier alpha value is -3.31. The lowest BCUT2D eigenvalue weighted by Gasteiger charge is -2.23. The molecule has 0 bridgehead atoms. The van der Waals surface area contributed by atoms with Crippen LogP contribution in [-0.4, -0.2) is 29.3 Å². The maximum Gasteiger partial charge on any atom is 0.254 e. The van der Waals surface area contributed by atoms with Gasteiger partial charge in [-0.2, -0.15) is 0 Å². The topological polar surface area (TPSA) is 62.6 Å². The number of benzene rings is 2. The van der Waals surface area contributed by atoms with Crippen molar-refractivity contribution in [3.63, 3.8) is 0 Å². The molecular formula is C24H21ClN2O3. The molecule has 1 aliphatic heterocycles. The summed E-state index contributed by atoms with van der Waals surface area (Å²) in [6.07, 6.45) is 1.97. The van der Waals surface area contributed by atoms with E-state index in [0.717, 1.165) is 16.7 Å². The van der Waals surface area contributed by atoms with Crippen molar-refractivity contribution in [2.75, 3.05) is 6.54 Å². The lowest BCUT2D eigenvalue weighted by atomic mass is 10.0. The zero-order valence-corrected chi connectivity index (χ0v) is 17.0. The van der Waals surface area contributed by atoms with E-state index in [4.69, 9.17) is 16.0 Å². The quantitative estimate of drug-likeness (QED) is 0.656. The van der Waals surface area contributed by atoms with Crippen LogP contribution in [0.4, 0.5) is 0 Å². The zero-order valence-electron chi connectivity index (χ0n) is 16.3. The Morgan fingerprint density at radius 2 is 1.77 bits per heavy atom. The fourth-order valence-corrected chi connectivity index (χ4v) is 3.74. The van der Waals surface area contributed by atoms with Crippen LogP contribution in [-0.2, 0) is 11.3 Å². The standard InChI is InChI=1S/C24H21ClN2O3/c25-14-17-13-22(23(28)26-15-21-7-4-12-30-21)27(16-17)24(29)20-10-8-19(9-11-20)18-5-2-1-3-6-18/h1-12,14,22H,13,15-16H2,(H,26,28)/t22-/m0/s1. The molecule has 1 saturated heterocycles. The van der Waals surface area contributed by atoms with Crippen molar-refractivity contribution < 1.29 is 14.0 Å². The molecule has 30 heavy (non-hydrogen) atoms. The molecule has 0 radical (unpaired) electrons. The van der Waals surface area contributed by atoms with Crippen LogP contribution in [0.15, 0.2) is 88.5 Å². The third-order valence-corrected chi connectivity index (χ3v) is 5.49. The number of rotatable bonds is 5. The maximum atomic E-state index is 13.2. The molecule has 0 saturated carbocycles. The first-order chi connectivity index (χ1) is 14.7. The van der Waals surface area contributed by atoms with Gasteiger partial charge in [0.1, 0.15) is 11.8 Å².